The monoisotopic (exact) mass is 427 g/mol. The normalized spacial score (nSPS) is 11.0. The van der Waals surface area contributed by atoms with Gasteiger partial charge in [0.15, 0.2) is 0 Å². The van der Waals surface area contributed by atoms with Gasteiger partial charge < -0.3 is 14.6 Å². The lowest BCUT2D eigenvalue weighted by Crippen LogP contribution is -2.13. The van der Waals surface area contributed by atoms with E-state index in [0.29, 0.717) is 11.4 Å². The van der Waals surface area contributed by atoms with E-state index in [1.807, 2.05) is 13.0 Å². The molecule has 0 aliphatic rings. The summed E-state index contributed by atoms with van der Waals surface area (Å²) >= 11 is 0. The van der Waals surface area contributed by atoms with E-state index in [2.05, 4.69) is 4.72 Å². The average Bonchev–Trinajstić information content (AvgIpc) is 2.72. The molecular formula is C22H21NO6S. The minimum Gasteiger partial charge on any atom is -0.490 e. The molecule has 2 N–H and O–H groups in total. The van der Waals surface area contributed by atoms with Crippen molar-refractivity contribution in [3.8, 4) is 11.5 Å². The SMILES string of the molecule is Cc1cccc(S(=O)(=O)Nc2ccc(OCCOc3ccccc3C(=O)O)cc2)c1. The third-order valence-electron chi connectivity index (χ3n) is 4.13. The highest BCUT2D eigenvalue weighted by atomic mass is 32.2. The first kappa shape index (κ1) is 21.2. The number of hydrogen-bond acceptors (Lipinski definition) is 5. The van der Waals surface area contributed by atoms with Crippen LogP contribution in [0.4, 0.5) is 5.69 Å². The maximum atomic E-state index is 12.5. The molecule has 0 saturated carbocycles. The molecule has 0 aliphatic heterocycles. The van der Waals surface area contributed by atoms with Crippen LogP contribution >= 0.6 is 0 Å². The Bertz CT molecular complexity index is 1130. The van der Waals surface area contributed by atoms with Gasteiger partial charge in [-0.2, -0.15) is 0 Å². The molecule has 3 aromatic rings. The fourth-order valence-electron chi connectivity index (χ4n) is 2.70. The van der Waals surface area contributed by atoms with Gasteiger partial charge in [-0.25, -0.2) is 13.2 Å². The van der Waals surface area contributed by atoms with E-state index in [1.54, 1.807) is 54.6 Å². The minimum atomic E-state index is -3.67. The predicted octanol–water partition coefficient (Wildman–Crippen LogP) is 3.95. The molecule has 0 fully saturated rings. The lowest BCUT2D eigenvalue weighted by molar-refractivity contribution is 0.0691. The minimum absolute atomic E-state index is 0.0859. The Kier molecular flexibility index (Phi) is 6.58. The average molecular weight is 427 g/mol. The number of rotatable bonds is 9. The van der Waals surface area contributed by atoms with Gasteiger partial charge in [-0.05, 0) is 61.0 Å². The van der Waals surface area contributed by atoms with Crippen LogP contribution in [0.15, 0.2) is 77.7 Å². The summed E-state index contributed by atoms with van der Waals surface area (Å²) in [5.74, 6) is -0.256. The summed E-state index contributed by atoms with van der Waals surface area (Å²) in [7, 11) is -3.67. The van der Waals surface area contributed by atoms with Crippen molar-refractivity contribution in [1.82, 2.24) is 0 Å². The van der Waals surface area contributed by atoms with Crippen LogP contribution in [-0.4, -0.2) is 32.7 Å². The van der Waals surface area contributed by atoms with Crippen molar-refractivity contribution in [2.24, 2.45) is 0 Å². The topological polar surface area (TPSA) is 102 Å². The Balaban J connectivity index is 1.53. The molecule has 8 heteroatoms. The number of carboxylic acids is 1. The van der Waals surface area contributed by atoms with Gasteiger partial charge in [0.1, 0.15) is 30.3 Å². The van der Waals surface area contributed by atoms with Gasteiger partial charge in [0.05, 0.1) is 4.90 Å². The molecule has 0 atom stereocenters. The first-order valence-corrected chi connectivity index (χ1v) is 10.6. The van der Waals surface area contributed by atoms with E-state index in [0.717, 1.165) is 5.56 Å². The Morgan fingerprint density at radius 2 is 1.63 bits per heavy atom. The zero-order valence-electron chi connectivity index (χ0n) is 16.2. The molecule has 3 rings (SSSR count). The van der Waals surface area contributed by atoms with E-state index in [-0.39, 0.29) is 29.4 Å². The molecule has 30 heavy (non-hydrogen) atoms. The van der Waals surface area contributed by atoms with E-state index in [4.69, 9.17) is 14.6 Å². The number of benzene rings is 3. The van der Waals surface area contributed by atoms with Gasteiger partial charge in [0, 0.05) is 5.69 Å². The molecule has 156 valence electrons. The van der Waals surface area contributed by atoms with Crippen LogP contribution in [0.2, 0.25) is 0 Å². The van der Waals surface area contributed by atoms with E-state index in [9.17, 15) is 13.2 Å². The van der Waals surface area contributed by atoms with E-state index < -0.39 is 16.0 Å². The second kappa shape index (κ2) is 9.32. The number of aryl methyl sites for hydroxylation is 1. The highest BCUT2D eigenvalue weighted by Gasteiger charge is 2.14. The van der Waals surface area contributed by atoms with Crippen LogP contribution in [0.3, 0.4) is 0 Å². The van der Waals surface area contributed by atoms with Crippen LogP contribution in [0, 0.1) is 6.92 Å². The largest absolute Gasteiger partial charge is 0.490 e. The van der Waals surface area contributed by atoms with Crippen LogP contribution in [0.5, 0.6) is 11.5 Å². The van der Waals surface area contributed by atoms with Crippen molar-refractivity contribution < 1.29 is 27.8 Å². The summed E-state index contributed by atoms with van der Waals surface area (Å²) in [5.41, 5.74) is 1.35. The molecule has 3 aromatic carbocycles. The predicted molar refractivity (Wildman–Crippen MR) is 113 cm³/mol. The van der Waals surface area contributed by atoms with E-state index >= 15 is 0 Å². The number of hydrogen-bond donors (Lipinski definition) is 2. The zero-order chi connectivity index (χ0) is 21.6. The molecule has 0 amide bonds. The highest BCUT2D eigenvalue weighted by Crippen LogP contribution is 2.21. The molecule has 0 spiro atoms. The second-order valence-corrected chi connectivity index (χ2v) is 8.13. The summed E-state index contributed by atoms with van der Waals surface area (Å²) in [4.78, 5) is 11.3. The molecular weight excluding hydrogens is 406 g/mol. The van der Waals surface area contributed by atoms with E-state index in [1.165, 1.54) is 12.1 Å². The molecule has 0 radical (unpaired) electrons. The summed E-state index contributed by atoms with van der Waals surface area (Å²) in [5, 5.41) is 9.13. The van der Waals surface area contributed by atoms with Gasteiger partial charge in [-0.15, -0.1) is 0 Å². The Hall–Kier alpha value is -3.52. The Morgan fingerprint density at radius 1 is 0.933 bits per heavy atom. The third kappa shape index (κ3) is 5.51. The highest BCUT2D eigenvalue weighted by molar-refractivity contribution is 7.92. The maximum absolute atomic E-state index is 12.5. The van der Waals surface area contributed by atoms with Gasteiger partial charge in [-0.1, -0.05) is 24.3 Å². The standard InChI is InChI=1S/C22H21NO6S/c1-16-5-4-6-19(15-16)30(26,27)23-17-9-11-18(12-10-17)28-13-14-29-21-8-3-2-7-20(21)22(24)25/h2-12,15,23H,13-14H2,1H3,(H,24,25). The molecule has 0 unspecified atom stereocenters. The summed E-state index contributed by atoms with van der Waals surface area (Å²) in [6.45, 7) is 2.18. The lowest BCUT2D eigenvalue weighted by Gasteiger charge is -2.11. The smallest absolute Gasteiger partial charge is 0.339 e. The van der Waals surface area contributed by atoms with Crippen LogP contribution in [0.25, 0.3) is 0 Å². The summed E-state index contributed by atoms with van der Waals surface area (Å²) in [6.07, 6.45) is 0. The third-order valence-corrected chi connectivity index (χ3v) is 5.51. The molecule has 0 bridgehead atoms. The number of sulfonamides is 1. The van der Waals surface area contributed by atoms with Crippen LogP contribution in [-0.2, 0) is 10.0 Å². The number of ether oxygens (including phenoxy) is 2. The van der Waals surface area contributed by atoms with Crippen molar-refractivity contribution in [2.75, 3.05) is 17.9 Å². The molecule has 0 heterocycles. The Morgan fingerprint density at radius 3 is 2.33 bits per heavy atom. The molecule has 0 saturated heterocycles. The number of carboxylic acid groups (broad SMARTS) is 1. The van der Waals surface area contributed by atoms with Crippen LogP contribution < -0.4 is 14.2 Å². The number of carbonyl (C=O) groups is 1. The van der Waals surface area contributed by atoms with Crippen LogP contribution in [0.1, 0.15) is 15.9 Å². The zero-order valence-corrected chi connectivity index (χ0v) is 17.1. The Labute approximate surface area is 174 Å². The fourth-order valence-corrected chi connectivity index (χ4v) is 3.86. The number of anilines is 1. The number of aromatic carboxylic acids is 1. The lowest BCUT2D eigenvalue weighted by atomic mass is 10.2. The second-order valence-electron chi connectivity index (χ2n) is 6.44. The first-order chi connectivity index (χ1) is 14.3. The van der Waals surface area contributed by atoms with Crippen molar-refractivity contribution in [3.05, 3.63) is 83.9 Å². The van der Waals surface area contributed by atoms with Crippen molar-refractivity contribution in [3.63, 3.8) is 0 Å². The molecule has 7 nitrogen and oxygen atoms in total. The van der Waals surface area contributed by atoms with Gasteiger partial charge in [0.2, 0.25) is 0 Å². The van der Waals surface area contributed by atoms with Crippen molar-refractivity contribution >= 4 is 21.7 Å². The summed E-state index contributed by atoms with van der Waals surface area (Å²) in [6, 6.07) is 19.5. The van der Waals surface area contributed by atoms with Gasteiger partial charge in [0.25, 0.3) is 10.0 Å². The van der Waals surface area contributed by atoms with Gasteiger partial charge >= 0.3 is 5.97 Å². The molecule has 0 aromatic heterocycles. The van der Waals surface area contributed by atoms with Crippen molar-refractivity contribution in [1.29, 1.82) is 0 Å². The number of nitrogens with one attached hydrogen (secondary N) is 1. The number of para-hydroxylation sites is 1. The summed E-state index contributed by atoms with van der Waals surface area (Å²) < 4.78 is 38.5. The van der Waals surface area contributed by atoms with Gasteiger partial charge in [-0.3, -0.25) is 4.72 Å². The fraction of sp³-hybridized carbons (Fsp3) is 0.136. The molecule has 0 aliphatic carbocycles. The van der Waals surface area contributed by atoms with Crippen molar-refractivity contribution in [2.45, 2.75) is 11.8 Å². The first-order valence-electron chi connectivity index (χ1n) is 9.12. The quantitative estimate of drug-likeness (QED) is 0.502. The maximum Gasteiger partial charge on any atom is 0.339 e.